The molecule has 1 aromatic heterocycles. The van der Waals surface area contributed by atoms with Gasteiger partial charge in [-0.1, -0.05) is 19.9 Å². The molecule has 1 aliphatic rings. The minimum absolute atomic E-state index is 0.628. The fourth-order valence-corrected chi connectivity index (χ4v) is 2.61. The van der Waals surface area contributed by atoms with Crippen LogP contribution in [-0.2, 0) is 0 Å². The fourth-order valence-electron chi connectivity index (χ4n) is 2.61. The molecule has 0 aliphatic heterocycles. The van der Waals surface area contributed by atoms with E-state index in [1.54, 1.807) is 0 Å². The molecule has 1 N–H and O–H groups in total. The Kier molecular flexibility index (Phi) is 3.90. The highest BCUT2D eigenvalue weighted by Gasteiger charge is 2.31. The van der Waals surface area contributed by atoms with Crippen molar-refractivity contribution < 1.29 is 0 Å². The molecule has 1 aliphatic carbocycles. The van der Waals surface area contributed by atoms with Crippen molar-refractivity contribution in [1.82, 2.24) is 9.88 Å². The smallest absolute Gasteiger partial charge is 0.137 e. The molecule has 3 nitrogen and oxygen atoms in total. The summed E-state index contributed by atoms with van der Waals surface area (Å²) < 4.78 is 0. The Labute approximate surface area is 109 Å². The van der Waals surface area contributed by atoms with Gasteiger partial charge in [-0.3, -0.25) is 0 Å². The van der Waals surface area contributed by atoms with E-state index in [0.717, 1.165) is 22.3 Å². The zero-order valence-electron chi connectivity index (χ0n) is 11.6. The van der Waals surface area contributed by atoms with Crippen LogP contribution in [0.2, 0.25) is 0 Å². The maximum atomic E-state index is 4.54. The van der Waals surface area contributed by atoms with E-state index in [9.17, 15) is 0 Å². The highest BCUT2D eigenvalue weighted by Crippen LogP contribution is 2.34. The van der Waals surface area contributed by atoms with E-state index >= 15 is 0 Å². The van der Waals surface area contributed by atoms with E-state index in [0.29, 0.717) is 6.04 Å². The van der Waals surface area contributed by atoms with Crippen LogP contribution in [0.5, 0.6) is 0 Å². The van der Waals surface area contributed by atoms with Crippen LogP contribution >= 0.6 is 0 Å². The first kappa shape index (κ1) is 12.9. The second kappa shape index (κ2) is 5.42. The van der Waals surface area contributed by atoms with Gasteiger partial charge in [-0.25, -0.2) is 4.99 Å². The van der Waals surface area contributed by atoms with Gasteiger partial charge in [0.25, 0.3) is 0 Å². The van der Waals surface area contributed by atoms with Crippen LogP contribution < -0.4 is 10.6 Å². The molecule has 1 aromatic rings. The molecular weight excluding hydrogens is 222 g/mol. The standard InChI is InChI=1S/C15H23N3/c1-5-12-9-13(10-12)18(4)15(16-6-2)14-7-8-17-11(14)3/h6-8,12-13,17H,3,5,9-10H2,1-2,4H3/b15-14+,16-6-/t12-,13+. The van der Waals surface area contributed by atoms with Gasteiger partial charge in [0.1, 0.15) is 5.82 Å². The molecule has 0 amide bonds. The van der Waals surface area contributed by atoms with Crippen LogP contribution in [0, 0.1) is 5.92 Å². The quantitative estimate of drug-likeness (QED) is 0.804. The lowest BCUT2D eigenvalue weighted by Crippen LogP contribution is -2.43. The summed E-state index contributed by atoms with van der Waals surface area (Å²) in [7, 11) is 2.14. The highest BCUT2D eigenvalue weighted by molar-refractivity contribution is 5.62. The maximum absolute atomic E-state index is 4.54. The largest absolute Gasteiger partial charge is 0.362 e. The van der Waals surface area contributed by atoms with Crippen molar-refractivity contribution in [2.24, 2.45) is 10.9 Å². The first-order valence-electron chi connectivity index (χ1n) is 6.75. The molecule has 0 saturated heterocycles. The van der Waals surface area contributed by atoms with Gasteiger partial charge in [0.05, 0.1) is 0 Å². The number of H-pyrrole nitrogens is 1. The number of aliphatic imine (C=N–C) groups is 1. The predicted molar refractivity (Wildman–Crippen MR) is 77.7 cm³/mol. The molecule has 18 heavy (non-hydrogen) atoms. The van der Waals surface area contributed by atoms with Crippen LogP contribution in [-0.4, -0.2) is 29.2 Å². The number of rotatable bonds is 4. The third-order valence-electron chi connectivity index (χ3n) is 3.99. The lowest BCUT2D eigenvalue weighted by molar-refractivity contribution is 0.143. The van der Waals surface area contributed by atoms with Crippen molar-refractivity contribution in [1.29, 1.82) is 0 Å². The minimum Gasteiger partial charge on any atom is -0.362 e. The molecule has 0 bridgehead atoms. The second-order valence-corrected chi connectivity index (χ2v) is 5.09. The van der Waals surface area contributed by atoms with Gasteiger partial charge in [0.15, 0.2) is 0 Å². The SMILES string of the molecule is C=c1[nH]cc/c1=C(/N=C\C)N(C)[C@H]1C[C@@H](CC)C1. The molecular formula is C15H23N3. The Bertz CT molecular complexity index is 520. The van der Waals surface area contributed by atoms with Crippen LogP contribution in [0.4, 0.5) is 0 Å². The van der Waals surface area contributed by atoms with Gasteiger partial charge < -0.3 is 9.88 Å². The second-order valence-electron chi connectivity index (χ2n) is 5.09. The third-order valence-corrected chi connectivity index (χ3v) is 3.99. The molecule has 0 atom stereocenters. The molecule has 1 heterocycles. The molecule has 2 rings (SSSR count). The Balaban J connectivity index is 2.28. The summed E-state index contributed by atoms with van der Waals surface area (Å²) in [6.07, 6.45) is 7.64. The third kappa shape index (κ3) is 2.35. The van der Waals surface area contributed by atoms with Crippen molar-refractivity contribution >= 4 is 18.6 Å². The summed E-state index contributed by atoms with van der Waals surface area (Å²) in [4.78, 5) is 9.97. The van der Waals surface area contributed by atoms with Crippen LogP contribution in [0.3, 0.4) is 0 Å². The molecule has 1 saturated carbocycles. The summed E-state index contributed by atoms with van der Waals surface area (Å²) in [5, 5.41) is 2.05. The average molecular weight is 245 g/mol. The summed E-state index contributed by atoms with van der Waals surface area (Å²) in [6, 6.07) is 2.68. The number of hydrogen-bond donors (Lipinski definition) is 1. The number of nitrogens with zero attached hydrogens (tertiary/aromatic N) is 2. The van der Waals surface area contributed by atoms with Crippen molar-refractivity contribution in [3.05, 3.63) is 22.8 Å². The monoisotopic (exact) mass is 245 g/mol. The van der Waals surface area contributed by atoms with Crippen LogP contribution in [0.25, 0.3) is 12.4 Å². The molecule has 0 spiro atoms. The summed E-state index contributed by atoms with van der Waals surface area (Å²) in [5.74, 6) is 1.93. The van der Waals surface area contributed by atoms with E-state index in [1.807, 2.05) is 19.3 Å². The van der Waals surface area contributed by atoms with Crippen molar-refractivity contribution in [2.45, 2.75) is 39.2 Å². The summed E-state index contributed by atoms with van der Waals surface area (Å²) >= 11 is 0. The van der Waals surface area contributed by atoms with E-state index in [2.05, 4.69) is 41.5 Å². The average Bonchev–Trinajstić information content (AvgIpc) is 2.70. The van der Waals surface area contributed by atoms with E-state index in [-0.39, 0.29) is 0 Å². The molecule has 0 aromatic carbocycles. The summed E-state index contributed by atoms with van der Waals surface area (Å²) in [6.45, 7) is 8.25. The van der Waals surface area contributed by atoms with Gasteiger partial charge in [0, 0.05) is 36.1 Å². The van der Waals surface area contributed by atoms with Gasteiger partial charge in [-0.2, -0.15) is 0 Å². The van der Waals surface area contributed by atoms with E-state index in [4.69, 9.17) is 0 Å². The molecule has 3 heteroatoms. The molecule has 0 radical (unpaired) electrons. The lowest BCUT2D eigenvalue weighted by Gasteiger charge is -2.42. The number of aromatic amines is 1. The first-order chi connectivity index (χ1) is 8.67. The number of nitrogens with one attached hydrogen (secondary N) is 1. The van der Waals surface area contributed by atoms with E-state index in [1.165, 1.54) is 19.3 Å². The first-order valence-corrected chi connectivity index (χ1v) is 6.75. The predicted octanol–water partition coefficient (Wildman–Crippen LogP) is 1.70. The van der Waals surface area contributed by atoms with Gasteiger partial charge in [-0.05, 0) is 31.7 Å². The van der Waals surface area contributed by atoms with Gasteiger partial charge in [-0.15, -0.1) is 0 Å². The maximum Gasteiger partial charge on any atom is 0.137 e. The molecule has 0 unspecified atom stereocenters. The zero-order valence-corrected chi connectivity index (χ0v) is 11.6. The Morgan fingerprint density at radius 3 is 2.83 bits per heavy atom. The van der Waals surface area contributed by atoms with Crippen LogP contribution in [0.15, 0.2) is 17.3 Å². The Morgan fingerprint density at radius 2 is 2.33 bits per heavy atom. The lowest BCUT2D eigenvalue weighted by atomic mass is 9.78. The number of aromatic nitrogens is 1. The van der Waals surface area contributed by atoms with Crippen molar-refractivity contribution in [2.75, 3.05) is 7.05 Å². The summed E-state index contributed by atoms with van der Waals surface area (Å²) in [5.41, 5.74) is 0. The normalized spacial score (nSPS) is 25.1. The zero-order chi connectivity index (χ0) is 13.1. The molecule has 98 valence electrons. The highest BCUT2D eigenvalue weighted by atomic mass is 15.2. The minimum atomic E-state index is 0.628. The van der Waals surface area contributed by atoms with E-state index < -0.39 is 0 Å². The van der Waals surface area contributed by atoms with Crippen molar-refractivity contribution in [3.8, 4) is 0 Å². The number of hydrogen-bond acceptors (Lipinski definition) is 2. The topological polar surface area (TPSA) is 31.4 Å². The fraction of sp³-hybridized carbons (Fsp3) is 0.533. The molecule has 1 fully saturated rings. The van der Waals surface area contributed by atoms with Gasteiger partial charge >= 0.3 is 0 Å². The van der Waals surface area contributed by atoms with Crippen molar-refractivity contribution in [3.63, 3.8) is 0 Å². The van der Waals surface area contributed by atoms with Crippen LogP contribution in [0.1, 0.15) is 33.1 Å². The Morgan fingerprint density at radius 1 is 1.61 bits per heavy atom. The Hall–Kier alpha value is -1.51. The van der Waals surface area contributed by atoms with Gasteiger partial charge in [0.2, 0.25) is 0 Å².